The molecule has 2 aliphatic carbocycles. The van der Waals surface area contributed by atoms with E-state index in [4.69, 9.17) is 15.0 Å². The number of thioether (sulfide) groups is 1. The van der Waals surface area contributed by atoms with Crippen LogP contribution in [0.25, 0.3) is 11.3 Å². The Bertz CT molecular complexity index is 1150. The maximum absolute atomic E-state index is 9.49. The number of anilines is 2. The third-order valence-corrected chi connectivity index (χ3v) is 7.72. The number of hydrogen-bond acceptors (Lipinski definition) is 8. The summed E-state index contributed by atoms with van der Waals surface area (Å²) in [6.45, 7) is 1.41. The van der Waals surface area contributed by atoms with Gasteiger partial charge in [-0.15, -0.1) is 24.4 Å². The van der Waals surface area contributed by atoms with Crippen molar-refractivity contribution in [1.29, 1.82) is 0 Å². The van der Waals surface area contributed by atoms with Crippen molar-refractivity contribution in [3.8, 4) is 17.1 Å². The van der Waals surface area contributed by atoms with Crippen molar-refractivity contribution in [3.63, 3.8) is 0 Å². The molecule has 8 heteroatoms. The van der Waals surface area contributed by atoms with E-state index < -0.39 is 0 Å². The molecule has 2 heterocycles. The van der Waals surface area contributed by atoms with Gasteiger partial charge in [-0.05, 0) is 61.4 Å². The first-order chi connectivity index (χ1) is 15.4. The fraction of sp³-hybridized carbons (Fsp3) is 0.375. The zero-order chi connectivity index (χ0) is 22.5. The Balaban J connectivity index is 0.000000168. The third kappa shape index (κ3) is 3.74. The predicted octanol–water partition coefficient (Wildman–Crippen LogP) is 4.40. The molecular weight excluding hydrogens is 442 g/mol. The Morgan fingerprint density at radius 3 is 2.69 bits per heavy atom. The van der Waals surface area contributed by atoms with Gasteiger partial charge >= 0.3 is 0 Å². The minimum absolute atomic E-state index is 0.202. The van der Waals surface area contributed by atoms with Crippen molar-refractivity contribution in [2.24, 2.45) is 0 Å². The first-order valence-electron chi connectivity index (χ1n) is 10.7. The number of ether oxygens (including phenoxy) is 1. The molecule has 0 unspecified atom stereocenters. The Hall–Kier alpha value is -2.29. The van der Waals surface area contributed by atoms with Gasteiger partial charge in [0.1, 0.15) is 5.75 Å². The molecule has 2 aromatic carbocycles. The third-order valence-electron chi connectivity index (χ3n) is 6.62. The molecule has 1 spiro atoms. The second-order valence-electron chi connectivity index (χ2n) is 8.66. The van der Waals surface area contributed by atoms with Crippen LogP contribution in [-0.2, 0) is 11.8 Å². The lowest BCUT2D eigenvalue weighted by Gasteiger charge is -2.38. The number of hydrogen-bond donors (Lipinski definition) is 3. The summed E-state index contributed by atoms with van der Waals surface area (Å²) in [5.74, 6) is 2.20. The number of aromatic nitrogens is 1. The number of rotatable bonds is 3. The van der Waals surface area contributed by atoms with E-state index in [1.807, 2.05) is 24.5 Å². The lowest BCUT2D eigenvalue weighted by molar-refractivity contribution is 0.142. The van der Waals surface area contributed by atoms with Crippen molar-refractivity contribution in [3.05, 3.63) is 47.5 Å². The van der Waals surface area contributed by atoms with E-state index in [9.17, 15) is 5.11 Å². The van der Waals surface area contributed by atoms with E-state index in [0.717, 1.165) is 39.6 Å². The number of nitrogen functional groups attached to an aromatic ring is 1. The standard InChI is InChI=1S/C16H17N3O2.C8H10OS2/c17-15-12-6-16(3-4-16)13-2-1-9(19-7-10(20)8-19)5-11(13)14(12)21-18-15;1-9-7-5-6(11-2)3-4-8(7)10/h1-2,5,10,20H,3-4,6-8H2,(H2,17,18);3-5,10H,1-2H3. The number of aliphatic hydroxyl groups is 1. The van der Waals surface area contributed by atoms with Crippen LogP contribution in [0.4, 0.5) is 11.5 Å². The van der Waals surface area contributed by atoms with Crippen LogP contribution in [0.15, 0.2) is 50.7 Å². The SMILES string of the molecule is COc1cc(SC)ccc1S.Nc1noc2c1CC1(CC1)c1ccc(N3CC(O)C3)cc1-2. The first kappa shape index (κ1) is 21.6. The van der Waals surface area contributed by atoms with Crippen molar-refractivity contribution in [2.45, 2.75) is 40.6 Å². The van der Waals surface area contributed by atoms with Gasteiger partial charge in [0.25, 0.3) is 0 Å². The van der Waals surface area contributed by atoms with E-state index in [-0.39, 0.29) is 11.5 Å². The summed E-state index contributed by atoms with van der Waals surface area (Å²) < 4.78 is 10.6. The van der Waals surface area contributed by atoms with E-state index >= 15 is 0 Å². The van der Waals surface area contributed by atoms with Gasteiger partial charge in [0.2, 0.25) is 0 Å². The van der Waals surface area contributed by atoms with Crippen molar-refractivity contribution >= 4 is 35.9 Å². The van der Waals surface area contributed by atoms with Crippen LogP contribution in [0.5, 0.6) is 5.75 Å². The van der Waals surface area contributed by atoms with Crippen molar-refractivity contribution < 1.29 is 14.4 Å². The Morgan fingerprint density at radius 1 is 1.25 bits per heavy atom. The molecule has 2 fully saturated rings. The van der Waals surface area contributed by atoms with Crippen molar-refractivity contribution in [1.82, 2.24) is 5.16 Å². The summed E-state index contributed by atoms with van der Waals surface area (Å²) in [7, 11) is 1.65. The molecule has 3 aromatic rings. The first-order valence-corrected chi connectivity index (χ1v) is 12.3. The van der Waals surface area contributed by atoms with E-state index in [1.54, 1.807) is 18.9 Å². The van der Waals surface area contributed by atoms with Gasteiger partial charge in [0, 0.05) is 45.1 Å². The molecular formula is C24H27N3O3S2. The van der Waals surface area contributed by atoms with Crippen LogP contribution in [0, 0.1) is 0 Å². The molecule has 1 saturated carbocycles. The van der Waals surface area contributed by atoms with E-state index in [1.165, 1.54) is 23.3 Å². The lowest BCUT2D eigenvalue weighted by atomic mass is 9.79. The zero-order valence-corrected chi connectivity index (χ0v) is 19.9. The summed E-state index contributed by atoms with van der Waals surface area (Å²) in [4.78, 5) is 4.25. The number of thiol groups is 1. The van der Waals surface area contributed by atoms with E-state index in [2.05, 4.69) is 40.9 Å². The molecule has 1 aromatic heterocycles. The quantitative estimate of drug-likeness (QED) is 0.387. The predicted molar refractivity (Wildman–Crippen MR) is 131 cm³/mol. The average molecular weight is 470 g/mol. The van der Waals surface area contributed by atoms with Crippen LogP contribution in [0.3, 0.4) is 0 Å². The smallest absolute Gasteiger partial charge is 0.172 e. The molecule has 32 heavy (non-hydrogen) atoms. The van der Waals surface area contributed by atoms with E-state index in [0.29, 0.717) is 18.9 Å². The van der Waals surface area contributed by atoms with Crippen LogP contribution < -0.4 is 15.4 Å². The number of nitrogens with zero attached hydrogens (tertiary/aromatic N) is 2. The highest BCUT2D eigenvalue weighted by molar-refractivity contribution is 7.98. The molecule has 6 rings (SSSR count). The Kier molecular flexibility index (Phi) is 5.55. The number of fused-ring (bicyclic) bond motifs is 4. The van der Waals surface area contributed by atoms with Crippen LogP contribution in [0.1, 0.15) is 24.0 Å². The van der Waals surface area contributed by atoms with Crippen LogP contribution in [-0.4, -0.2) is 42.8 Å². The van der Waals surface area contributed by atoms with Crippen molar-refractivity contribution in [2.75, 3.05) is 37.1 Å². The van der Waals surface area contributed by atoms with Gasteiger partial charge in [-0.1, -0.05) is 11.2 Å². The molecule has 0 amide bonds. The monoisotopic (exact) mass is 469 g/mol. The normalized spacial score (nSPS) is 17.7. The highest BCUT2D eigenvalue weighted by Crippen LogP contribution is 2.58. The molecule has 3 N–H and O–H groups in total. The largest absolute Gasteiger partial charge is 0.496 e. The summed E-state index contributed by atoms with van der Waals surface area (Å²) in [5.41, 5.74) is 10.9. The molecule has 168 valence electrons. The summed E-state index contributed by atoms with van der Waals surface area (Å²) in [6.07, 6.45) is 5.21. The topological polar surface area (TPSA) is 84.8 Å². The highest BCUT2D eigenvalue weighted by Gasteiger charge is 2.50. The van der Waals surface area contributed by atoms with Gasteiger partial charge < -0.3 is 25.0 Å². The van der Waals surface area contributed by atoms with Crippen LogP contribution >= 0.6 is 24.4 Å². The fourth-order valence-electron chi connectivity index (χ4n) is 4.56. The molecule has 0 atom stereocenters. The molecule has 3 aliphatic rings. The number of β-amino-alcohol motifs (C(OH)–C–C–N with tert-alkyl or cyclic N) is 1. The number of benzene rings is 2. The van der Waals surface area contributed by atoms with Gasteiger partial charge in [-0.3, -0.25) is 0 Å². The molecule has 1 aliphatic heterocycles. The molecule has 1 saturated heterocycles. The van der Waals surface area contributed by atoms with Crippen LogP contribution in [0.2, 0.25) is 0 Å². The second kappa shape index (κ2) is 8.24. The second-order valence-corrected chi connectivity index (χ2v) is 10.0. The van der Waals surface area contributed by atoms with Gasteiger partial charge in [-0.25, -0.2) is 0 Å². The maximum Gasteiger partial charge on any atom is 0.172 e. The fourth-order valence-corrected chi connectivity index (χ4v) is 5.22. The van der Waals surface area contributed by atoms with Gasteiger partial charge in [0.05, 0.1) is 13.2 Å². The average Bonchev–Trinajstić information content (AvgIpc) is 3.46. The Labute approximate surface area is 197 Å². The molecule has 6 nitrogen and oxygen atoms in total. The summed E-state index contributed by atoms with van der Waals surface area (Å²) >= 11 is 5.92. The minimum Gasteiger partial charge on any atom is -0.496 e. The summed E-state index contributed by atoms with van der Waals surface area (Å²) in [5, 5.41) is 13.4. The molecule has 0 bridgehead atoms. The number of nitrogens with two attached hydrogens (primary N) is 1. The zero-order valence-electron chi connectivity index (χ0n) is 18.2. The van der Waals surface area contributed by atoms with Gasteiger partial charge in [0.15, 0.2) is 11.6 Å². The lowest BCUT2D eigenvalue weighted by Crippen LogP contribution is -2.50. The van der Waals surface area contributed by atoms with Gasteiger partial charge in [-0.2, -0.15) is 0 Å². The molecule has 0 radical (unpaired) electrons. The minimum atomic E-state index is -0.202. The maximum atomic E-state index is 9.49. The Morgan fingerprint density at radius 2 is 2.03 bits per heavy atom. The number of aliphatic hydroxyl groups excluding tert-OH is 1. The summed E-state index contributed by atoms with van der Waals surface area (Å²) in [6, 6.07) is 12.5. The number of methoxy groups -OCH3 is 1. The highest BCUT2D eigenvalue weighted by atomic mass is 32.2.